The fraction of sp³-hybridized carbons (Fsp3) is 0.727. The molecule has 19 heavy (non-hydrogen) atoms. The maximum absolute atomic E-state index is 11.7. The number of hydrogen-bond donors (Lipinski definition) is 3. The summed E-state index contributed by atoms with van der Waals surface area (Å²) in [6.07, 6.45) is 0. The summed E-state index contributed by atoms with van der Waals surface area (Å²) in [5, 5.41) is 19.7. The quantitative estimate of drug-likeness (QED) is 0.574. The Labute approximate surface area is 111 Å². The predicted octanol–water partition coefficient (Wildman–Crippen LogP) is -0.0177. The van der Waals surface area contributed by atoms with Gasteiger partial charge in [-0.3, -0.25) is 9.59 Å². The molecule has 0 aliphatic carbocycles. The van der Waals surface area contributed by atoms with Crippen molar-refractivity contribution < 1.29 is 29.3 Å². The first-order chi connectivity index (χ1) is 8.68. The summed E-state index contributed by atoms with van der Waals surface area (Å²) in [4.78, 5) is 33.5. The number of carboxylic acids is 2. The molecule has 8 heteroatoms. The molecule has 0 aromatic heterocycles. The van der Waals surface area contributed by atoms with E-state index in [4.69, 9.17) is 14.9 Å². The van der Waals surface area contributed by atoms with E-state index in [1.54, 1.807) is 13.8 Å². The van der Waals surface area contributed by atoms with Gasteiger partial charge < -0.3 is 25.2 Å². The van der Waals surface area contributed by atoms with Crippen LogP contribution < -0.4 is 5.32 Å². The highest BCUT2D eigenvalue weighted by Crippen LogP contribution is 2.07. The van der Waals surface area contributed by atoms with Gasteiger partial charge in [-0.2, -0.15) is 0 Å². The fourth-order valence-corrected chi connectivity index (χ4v) is 1.37. The predicted molar refractivity (Wildman–Crippen MR) is 65.9 cm³/mol. The zero-order chi connectivity index (χ0) is 15.1. The van der Waals surface area contributed by atoms with Crippen molar-refractivity contribution in [3.63, 3.8) is 0 Å². The Morgan fingerprint density at radius 3 is 2.00 bits per heavy atom. The molecule has 0 saturated carbocycles. The molecule has 0 fully saturated rings. The first-order valence-corrected chi connectivity index (χ1v) is 5.78. The minimum Gasteiger partial charge on any atom is -0.480 e. The second-order valence-electron chi connectivity index (χ2n) is 4.49. The number of aliphatic carboxylic acids is 2. The van der Waals surface area contributed by atoms with E-state index < -0.39 is 36.7 Å². The number of nitrogens with one attached hydrogen (secondary N) is 1. The second-order valence-corrected chi connectivity index (χ2v) is 4.49. The number of amides is 2. The molecule has 0 bridgehead atoms. The molecule has 0 radical (unpaired) electrons. The van der Waals surface area contributed by atoms with Crippen LogP contribution >= 0.6 is 0 Å². The average Bonchev–Trinajstić information content (AvgIpc) is 2.23. The van der Waals surface area contributed by atoms with E-state index >= 15 is 0 Å². The lowest BCUT2D eigenvalue weighted by Gasteiger charge is -2.27. The van der Waals surface area contributed by atoms with Crippen LogP contribution in [0.15, 0.2) is 0 Å². The van der Waals surface area contributed by atoms with Gasteiger partial charge in [0.1, 0.15) is 13.1 Å². The Balaban J connectivity index is 4.47. The van der Waals surface area contributed by atoms with E-state index in [0.717, 1.165) is 0 Å². The third-order valence-electron chi connectivity index (χ3n) is 2.14. The van der Waals surface area contributed by atoms with Crippen molar-refractivity contribution in [1.29, 1.82) is 0 Å². The van der Waals surface area contributed by atoms with Crippen LogP contribution in [0.4, 0.5) is 4.79 Å². The maximum Gasteiger partial charge on any atom is 0.323 e. The first-order valence-electron chi connectivity index (χ1n) is 5.78. The van der Waals surface area contributed by atoms with Gasteiger partial charge in [0.05, 0.1) is 5.60 Å². The number of rotatable bonds is 8. The van der Waals surface area contributed by atoms with Crippen LogP contribution in [0.5, 0.6) is 0 Å². The Hall–Kier alpha value is -1.83. The van der Waals surface area contributed by atoms with E-state index in [1.165, 1.54) is 0 Å². The molecule has 0 aliphatic heterocycles. The number of carbonyl (C=O) groups is 3. The van der Waals surface area contributed by atoms with E-state index in [-0.39, 0.29) is 6.54 Å². The number of carboxylic acid groups (broad SMARTS) is 2. The summed E-state index contributed by atoms with van der Waals surface area (Å²) in [5.41, 5.74) is -0.609. The van der Waals surface area contributed by atoms with E-state index in [1.807, 2.05) is 6.92 Å². The Bertz CT molecular complexity index is 326. The summed E-state index contributed by atoms with van der Waals surface area (Å²) in [6.45, 7) is 4.60. The molecule has 0 aliphatic rings. The van der Waals surface area contributed by atoms with Crippen molar-refractivity contribution in [3.8, 4) is 0 Å². The van der Waals surface area contributed by atoms with E-state index in [9.17, 15) is 14.4 Å². The van der Waals surface area contributed by atoms with Gasteiger partial charge in [0.25, 0.3) is 0 Å². The molecule has 0 rings (SSSR count). The molecule has 2 amide bonds. The average molecular weight is 276 g/mol. The lowest BCUT2D eigenvalue weighted by molar-refractivity contribution is -0.140. The molecular formula is C11H20N2O6. The van der Waals surface area contributed by atoms with Crippen LogP contribution in [0.2, 0.25) is 0 Å². The number of carbonyl (C=O) groups excluding carboxylic acids is 1. The summed E-state index contributed by atoms with van der Waals surface area (Å²) < 4.78 is 5.36. The molecule has 0 unspecified atom stereocenters. The zero-order valence-corrected chi connectivity index (χ0v) is 11.3. The van der Waals surface area contributed by atoms with Gasteiger partial charge in [-0.25, -0.2) is 4.79 Å². The fourth-order valence-electron chi connectivity index (χ4n) is 1.37. The second kappa shape index (κ2) is 7.57. The lowest BCUT2D eigenvalue weighted by Crippen LogP contribution is -2.49. The van der Waals surface area contributed by atoms with Gasteiger partial charge >= 0.3 is 18.0 Å². The highest BCUT2D eigenvalue weighted by atomic mass is 16.5. The van der Waals surface area contributed by atoms with Crippen LogP contribution in [-0.4, -0.2) is 64.9 Å². The van der Waals surface area contributed by atoms with Gasteiger partial charge in [-0.15, -0.1) is 0 Å². The highest BCUT2D eigenvalue weighted by Gasteiger charge is 2.23. The topological polar surface area (TPSA) is 116 Å². The highest BCUT2D eigenvalue weighted by molar-refractivity contribution is 5.84. The van der Waals surface area contributed by atoms with Gasteiger partial charge in [0.15, 0.2) is 0 Å². The molecule has 0 spiro atoms. The molecule has 3 N–H and O–H groups in total. The normalized spacial score (nSPS) is 10.9. The molecule has 0 atom stereocenters. The molecular weight excluding hydrogens is 256 g/mol. The maximum atomic E-state index is 11.7. The molecule has 0 saturated heterocycles. The molecule has 0 aromatic carbocycles. The lowest BCUT2D eigenvalue weighted by atomic mass is 10.1. The van der Waals surface area contributed by atoms with Crippen LogP contribution in [0.3, 0.4) is 0 Å². The molecule has 110 valence electrons. The number of hydrogen-bond acceptors (Lipinski definition) is 4. The third kappa shape index (κ3) is 7.98. The van der Waals surface area contributed by atoms with Crippen molar-refractivity contribution in [2.45, 2.75) is 26.4 Å². The number of nitrogens with zero attached hydrogens (tertiary/aromatic N) is 1. The van der Waals surface area contributed by atoms with Crippen molar-refractivity contribution in [3.05, 3.63) is 0 Å². The summed E-state index contributed by atoms with van der Waals surface area (Å²) in [5.74, 6) is -2.55. The largest absolute Gasteiger partial charge is 0.480 e. The van der Waals surface area contributed by atoms with Crippen molar-refractivity contribution in [2.75, 3.05) is 26.2 Å². The van der Waals surface area contributed by atoms with Gasteiger partial charge in [-0.1, -0.05) is 0 Å². The van der Waals surface area contributed by atoms with Gasteiger partial charge in [0, 0.05) is 13.2 Å². The summed E-state index contributed by atoms with van der Waals surface area (Å²) in [6, 6.07) is -0.752. The minimum absolute atomic E-state index is 0.148. The summed E-state index contributed by atoms with van der Waals surface area (Å²) >= 11 is 0. The van der Waals surface area contributed by atoms with Crippen LogP contribution in [0.1, 0.15) is 20.8 Å². The SMILES string of the molecule is CCOC(C)(C)CNC(=O)N(CC(=O)O)CC(=O)O. The Morgan fingerprint density at radius 1 is 1.16 bits per heavy atom. The van der Waals surface area contributed by atoms with E-state index in [2.05, 4.69) is 5.32 Å². The molecule has 8 nitrogen and oxygen atoms in total. The standard InChI is InChI=1S/C11H20N2O6/c1-4-19-11(2,3)7-12-10(18)13(5-8(14)15)6-9(16)17/h4-7H2,1-3H3,(H,12,18)(H,14,15)(H,16,17). The zero-order valence-electron chi connectivity index (χ0n) is 11.3. The smallest absolute Gasteiger partial charge is 0.323 e. The number of ether oxygens (including phenoxy) is 1. The van der Waals surface area contributed by atoms with Crippen molar-refractivity contribution in [1.82, 2.24) is 10.2 Å². The molecule has 0 heterocycles. The monoisotopic (exact) mass is 276 g/mol. The van der Waals surface area contributed by atoms with Crippen molar-refractivity contribution in [2.24, 2.45) is 0 Å². The van der Waals surface area contributed by atoms with Crippen molar-refractivity contribution >= 4 is 18.0 Å². The van der Waals surface area contributed by atoms with Crippen LogP contribution in [0, 0.1) is 0 Å². The Kier molecular flexibility index (Phi) is 6.84. The summed E-state index contributed by atoms with van der Waals surface area (Å²) in [7, 11) is 0. The van der Waals surface area contributed by atoms with Crippen LogP contribution in [-0.2, 0) is 14.3 Å². The molecule has 0 aromatic rings. The Morgan fingerprint density at radius 2 is 1.63 bits per heavy atom. The van der Waals surface area contributed by atoms with Gasteiger partial charge in [-0.05, 0) is 20.8 Å². The minimum atomic E-state index is -1.28. The first kappa shape index (κ1) is 17.2. The number of urea groups is 1. The third-order valence-corrected chi connectivity index (χ3v) is 2.14. The van der Waals surface area contributed by atoms with E-state index in [0.29, 0.717) is 11.5 Å². The van der Waals surface area contributed by atoms with Crippen LogP contribution in [0.25, 0.3) is 0 Å². The van der Waals surface area contributed by atoms with Gasteiger partial charge in [0.2, 0.25) is 0 Å².